The molecular formula is C19H11BrClF3O4S. The number of alkyl halides is 3. The number of phenolic OH excluding ortho intramolecular Hbond substituents is 1. The van der Waals surface area contributed by atoms with Crippen molar-refractivity contribution < 1.29 is 31.4 Å². The molecule has 0 amide bonds. The summed E-state index contributed by atoms with van der Waals surface area (Å²) in [4.78, 5) is -0.360. The summed E-state index contributed by atoms with van der Waals surface area (Å²) in [6, 6.07) is 11.9. The van der Waals surface area contributed by atoms with E-state index in [-0.39, 0.29) is 26.3 Å². The van der Waals surface area contributed by atoms with E-state index in [9.17, 15) is 26.7 Å². The molecule has 0 spiro atoms. The Morgan fingerprint density at radius 1 is 0.966 bits per heavy atom. The SMILES string of the molecule is O=S(=O)(c1ccc(Br)cc1)c1ccc(Oc2ccc(C(F)(F)F)cc2Cl)cc1O. The quantitative estimate of drug-likeness (QED) is 0.441. The molecule has 0 fully saturated rings. The van der Waals surface area contributed by atoms with Crippen molar-refractivity contribution in [2.45, 2.75) is 16.0 Å². The van der Waals surface area contributed by atoms with E-state index in [4.69, 9.17) is 16.3 Å². The predicted molar refractivity (Wildman–Crippen MR) is 104 cm³/mol. The Hall–Kier alpha value is -2.23. The van der Waals surface area contributed by atoms with Crippen LogP contribution in [0.4, 0.5) is 13.2 Å². The number of hydrogen-bond acceptors (Lipinski definition) is 4. The second-order valence-corrected chi connectivity index (χ2v) is 9.07. The summed E-state index contributed by atoms with van der Waals surface area (Å²) in [7, 11) is -3.98. The van der Waals surface area contributed by atoms with Gasteiger partial charge in [0.15, 0.2) is 0 Å². The van der Waals surface area contributed by atoms with Gasteiger partial charge in [-0.3, -0.25) is 0 Å². The first kappa shape index (κ1) is 21.5. The fraction of sp³-hybridized carbons (Fsp3) is 0.0526. The average molecular weight is 508 g/mol. The van der Waals surface area contributed by atoms with Gasteiger partial charge in [-0.15, -0.1) is 0 Å². The van der Waals surface area contributed by atoms with Gasteiger partial charge in [0.25, 0.3) is 0 Å². The maximum atomic E-state index is 12.7. The number of aromatic hydroxyl groups is 1. The molecule has 3 aromatic carbocycles. The molecule has 0 saturated heterocycles. The highest BCUT2D eigenvalue weighted by Crippen LogP contribution is 2.38. The third-order valence-electron chi connectivity index (χ3n) is 3.83. The topological polar surface area (TPSA) is 63.6 Å². The van der Waals surface area contributed by atoms with Crippen molar-refractivity contribution in [1.82, 2.24) is 0 Å². The van der Waals surface area contributed by atoms with Crippen LogP contribution in [0.3, 0.4) is 0 Å². The lowest BCUT2D eigenvalue weighted by Gasteiger charge is -2.12. The van der Waals surface area contributed by atoms with Gasteiger partial charge in [0.1, 0.15) is 22.1 Å². The van der Waals surface area contributed by atoms with E-state index in [1.807, 2.05) is 0 Å². The smallest absolute Gasteiger partial charge is 0.416 e. The van der Waals surface area contributed by atoms with Gasteiger partial charge in [-0.2, -0.15) is 13.2 Å². The van der Waals surface area contributed by atoms with Crippen molar-refractivity contribution in [1.29, 1.82) is 0 Å². The van der Waals surface area contributed by atoms with Gasteiger partial charge in [0, 0.05) is 10.5 Å². The molecule has 0 bridgehead atoms. The number of phenols is 1. The molecule has 0 aliphatic carbocycles. The van der Waals surface area contributed by atoms with Gasteiger partial charge < -0.3 is 9.84 Å². The Balaban J connectivity index is 1.89. The molecule has 0 aromatic heterocycles. The second kappa shape index (κ2) is 7.89. The van der Waals surface area contributed by atoms with Crippen LogP contribution in [-0.2, 0) is 16.0 Å². The number of rotatable bonds is 4. The Morgan fingerprint density at radius 2 is 1.62 bits per heavy atom. The summed E-state index contributed by atoms with van der Waals surface area (Å²) < 4.78 is 69.6. The standard InChI is InChI=1S/C19H11BrClF3O4S/c20-12-2-5-14(6-3-12)29(26,27)18-8-4-13(10-16(18)25)28-17-7-1-11(9-15(17)21)19(22,23)24/h1-10,25H. The highest BCUT2D eigenvalue weighted by Gasteiger charge is 2.31. The van der Waals surface area contributed by atoms with E-state index >= 15 is 0 Å². The van der Waals surface area contributed by atoms with E-state index in [2.05, 4.69) is 15.9 Å². The maximum Gasteiger partial charge on any atom is 0.416 e. The first-order chi connectivity index (χ1) is 13.5. The van der Waals surface area contributed by atoms with Crippen LogP contribution in [0, 0.1) is 0 Å². The lowest BCUT2D eigenvalue weighted by atomic mass is 10.2. The molecule has 0 saturated carbocycles. The molecule has 10 heteroatoms. The van der Waals surface area contributed by atoms with Crippen LogP contribution in [0.1, 0.15) is 5.56 Å². The predicted octanol–water partition coefficient (Wildman–Crippen LogP) is 6.45. The molecule has 0 atom stereocenters. The molecular weight excluding hydrogens is 497 g/mol. The Labute approximate surface area is 177 Å². The number of benzene rings is 3. The van der Waals surface area contributed by atoms with Gasteiger partial charge in [-0.25, -0.2) is 8.42 Å². The molecule has 0 heterocycles. The van der Waals surface area contributed by atoms with Crippen LogP contribution in [0.15, 0.2) is 74.9 Å². The second-order valence-electron chi connectivity index (χ2n) is 5.83. The molecule has 152 valence electrons. The lowest BCUT2D eigenvalue weighted by Crippen LogP contribution is -2.04. The van der Waals surface area contributed by atoms with Gasteiger partial charge in [-0.05, 0) is 54.6 Å². The number of halogens is 5. The minimum absolute atomic E-state index is 0.00100. The van der Waals surface area contributed by atoms with Crippen molar-refractivity contribution in [3.63, 3.8) is 0 Å². The van der Waals surface area contributed by atoms with Crippen LogP contribution >= 0.6 is 27.5 Å². The van der Waals surface area contributed by atoms with E-state index in [1.54, 1.807) is 12.1 Å². The number of hydrogen-bond donors (Lipinski definition) is 1. The van der Waals surface area contributed by atoms with Crippen molar-refractivity contribution in [3.8, 4) is 17.2 Å². The van der Waals surface area contributed by atoms with Crippen LogP contribution in [0.5, 0.6) is 17.2 Å². The third kappa shape index (κ3) is 4.68. The maximum absolute atomic E-state index is 12.7. The summed E-state index contributed by atoms with van der Waals surface area (Å²) in [5.74, 6) is -0.657. The average Bonchev–Trinajstić information content (AvgIpc) is 2.63. The summed E-state index contributed by atoms with van der Waals surface area (Å²) in [6.45, 7) is 0. The molecule has 1 N–H and O–H groups in total. The first-order valence-electron chi connectivity index (χ1n) is 7.87. The van der Waals surface area contributed by atoms with Gasteiger partial charge in [0.2, 0.25) is 9.84 Å². The van der Waals surface area contributed by atoms with Gasteiger partial charge in [-0.1, -0.05) is 27.5 Å². The van der Waals surface area contributed by atoms with Crippen molar-refractivity contribution in [3.05, 3.63) is 75.7 Å². The highest BCUT2D eigenvalue weighted by molar-refractivity contribution is 9.10. The monoisotopic (exact) mass is 506 g/mol. The number of sulfone groups is 1. The molecule has 0 radical (unpaired) electrons. The first-order valence-corrected chi connectivity index (χ1v) is 10.5. The van der Waals surface area contributed by atoms with Crippen molar-refractivity contribution in [2.75, 3.05) is 0 Å². The summed E-state index contributed by atoms with van der Waals surface area (Å²) in [5, 5.41) is 9.90. The fourth-order valence-electron chi connectivity index (χ4n) is 2.42. The van der Waals surface area contributed by atoms with E-state index in [0.717, 1.165) is 24.3 Å². The van der Waals surface area contributed by atoms with Crippen LogP contribution in [-0.4, -0.2) is 13.5 Å². The molecule has 0 aliphatic heterocycles. The van der Waals surface area contributed by atoms with Gasteiger partial charge >= 0.3 is 6.18 Å². The molecule has 3 aromatic rings. The summed E-state index contributed by atoms with van der Waals surface area (Å²) in [6.07, 6.45) is -4.55. The van der Waals surface area contributed by atoms with Crippen molar-refractivity contribution in [2.24, 2.45) is 0 Å². The molecule has 0 aliphatic rings. The molecule has 0 unspecified atom stereocenters. The van der Waals surface area contributed by atoms with Crippen molar-refractivity contribution >= 4 is 37.4 Å². The molecule has 3 rings (SSSR count). The minimum atomic E-state index is -4.55. The van der Waals surface area contributed by atoms with E-state index in [0.29, 0.717) is 10.5 Å². The lowest BCUT2D eigenvalue weighted by molar-refractivity contribution is -0.137. The van der Waals surface area contributed by atoms with Gasteiger partial charge in [0.05, 0.1) is 15.5 Å². The zero-order valence-electron chi connectivity index (χ0n) is 14.2. The highest BCUT2D eigenvalue weighted by atomic mass is 79.9. The summed E-state index contributed by atoms with van der Waals surface area (Å²) in [5.41, 5.74) is -0.936. The number of ether oxygens (including phenoxy) is 1. The van der Waals surface area contributed by atoms with E-state index in [1.165, 1.54) is 18.2 Å². The Bertz CT molecular complexity index is 1160. The zero-order valence-corrected chi connectivity index (χ0v) is 17.4. The fourth-order valence-corrected chi connectivity index (χ4v) is 4.23. The van der Waals surface area contributed by atoms with Crippen LogP contribution < -0.4 is 4.74 Å². The zero-order chi connectivity index (χ0) is 21.4. The molecule has 4 nitrogen and oxygen atoms in total. The van der Waals surface area contributed by atoms with E-state index < -0.39 is 27.3 Å². The Morgan fingerprint density at radius 3 is 2.17 bits per heavy atom. The largest absolute Gasteiger partial charge is 0.506 e. The van der Waals surface area contributed by atoms with Crippen LogP contribution in [0.2, 0.25) is 5.02 Å². The Kier molecular flexibility index (Phi) is 5.84. The summed E-state index contributed by atoms with van der Waals surface area (Å²) >= 11 is 9.05. The molecule has 29 heavy (non-hydrogen) atoms. The third-order valence-corrected chi connectivity index (χ3v) is 6.47. The minimum Gasteiger partial charge on any atom is -0.506 e. The van der Waals surface area contributed by atoms with Crippen LogP contribution in [0.25, 0.3) is 0 Å². The normalized spacial score (nSPS) is 12.0.